The van der Waals surface area contributed by atoms with Gasteiger partial charge in [-0.3, -0.25) is 14.6 Å². The molecule has 0 radical (unpaired) electrons. The second-order valence-electron chi connectivity index (χ2n) is 7.12. The number of anilines is 2. The van der Waals surface area contributed by atoms with Gasteiger partial charge in [0.15, 0.2) is 0 Å². The van der Waals surface area contributed by atoms with Crippen LogP contribution in [0.4, 0.5) is 11.4 Å². The Balaban J connectivity index is 1.63. The lowest BCUT2D eigenvalue weighted by atomic mass is 10.1. The van der Waals surface area contributed by atoms with Crippen LogP contribution in [-0.4, -0.2) is 43.1 Å². The lowest BCUT2D eigenvalue weighted by molar-refractivity contribution is -0.136. The van der Waals surface area contributed by atoms with Crippen LogP contribution in [0.3, 0.4) is 0 Å². The summed E-state index contributed by atoms with van der Waals surface area (Å²) in [5.41, 5.74) is 3.38. The number of amides is 2. The summed E-state index contributed by atoms with van der Waals surface area (Å²) >= 11 is 0. The van der Waals surface area contributed by atoms with Crippen molar-refractivity contribution < 1.29 is 14.3 Å². The van der Waals surface area contributed by atoms with Crippen molar-refractivity contribution in [2.75, 3.05) is 36.5 Å². The molecule has 7 heteroatoms. The van der Waals surface area contributed by atoms with E-state index in [2.05, 4.69) is 20.5 Å². The average molecular weight is 396 g/mol. The van der Waals surface area contributed by atoms with Crippen molar-refractivity contribution in [1.29, 1.82) is 0 Å². The molecule has 1 aromatic heterocycles. The summed E-state index contributed by atoms with van der Waals surface area (Å²) in [5.74, 6) is -1.34. The highest BCUT2D eigenvalue weighted by atomic mass is 16.5. The maximum absolute atomic E-state index is 12.5. The third-order valence-electron chi connectivity index (χ3n) is 4.97. The van der Waals surface area contributed by atoms with Gasteiger partial charge in [-0.2, -0.15) is 0 Å². The fourth-order valence-electron chi connectivity index (χ4n) is 3.37. The predicted octanol–water partition coefficient (Wildman–Crippen LogP) is 2.82. The minimum absolute atomic E-state index is 0.288. The molecule has 3 rings (SSSR count). The highest BCUT2D eigenvalue weighted by molar-refractivity contribution is 6.39. The summed E-state index contributed by atoms with van der Waals surface area (Å²) in [4.78, 5) is 31.5. The second kappa shape index (κ2) is 10.0. The van der Waals surface area contributed by atoms with Gasteiger partial charge in [0.1, 0.15) is 0 Å². The van der Waals surface area contributed by atoms with Gasteiger partial charge in [-0.25, -0.2) is 0 Å². The standard InChI is InChI=1S/C22H28N4O3/c1-3-6-20(19-7-4-5-10-23-19)25-22(28)21(27)24-18-9-8-17(15-16(18)2)26-11-13-29-14-12-26/h4-5,7-10,15,20H,3,6,11-14H2,1-2H3,(H,24,27)(H,25,28). The topological polar surface area (TPSA) is 83.6 Å². The number of morpholine rings is 1. The van der Waals surface area contributed by atoms with Gasteiger partial charge in [-0.1, -0.05) is 19.4 Å². The number of nitrogens with zero attached hydrogens (tertiary/aromatic N) is 2. The lowest BCUT2D eigenvalue weighted by Crippen LogP contribution is -2.38. The van der Waals surface area contributed by atoms with Gasteiger partial charge in [0.05, 0.1) is 24.9 Å². The van der Waals surface area contributed by atoms with E-state index in [1.807, 2.05) is 50.2 Å². The van der Waals surface area contributed by atoms with Crippen LogP contribution in [0.15, 0.2) is 42.6 Å². The van der Waals surface area contributed by atoms with Crippen LogP contribution in [0.25, 0.3) is 0 Å². The number of aromatic nitrogens is 1. The SMILES string of the molecule is CCCC(NC(=O)C(=O)Nc1ccc(N2CCOCC2)cc1C)c1ccccn1. The molecule has 1 fully saturated rings. The van der Waals surface area contributed by atoms with Crippen LogP contribution >= 0.6 is 0 Å². The number of nitrogens with one attached hydrogen (secondary N) is 2. The van der Waals surface area contributed by atoms with Gasteiger partial charge in [-0.05, 0) is 49.2 Å². The van der Waals surface area contributed by atoms with Gasteiger partial charge in [0.2, 0.25) is 0 Å². The van der Waals surface area contributed by atoms with Gasteiger partial charge in [0, 0.05) is 30.7 Å². The number of benzene rings is 1. The van der Waals surface area contributed by atoms with Crippen molar-refractivity contribution in [2.45, 2.75) is 32.7 Å². The van der Waals surface area contributed by atoms with Crippen molar-refractivity contribution in [2.24, 2.45) is 0 Å². The Labute approximate surface area is 171 Å². The summed E-state index contributed by atoms with van der Waals surface area (Å²) in [5, 5.41) is 5.53. The summed E-state index contributed by atoms with van der Waals surface area (Å²) < 4.78 is 5.39. The van der Waals surface area contributed by atoms with Crippen molar-refractivity contribution in [3.63, 3.8) is 0 Å². The zero-order valence-corrected chi connectivity index (χ0v) is 17.0. The van der Waals surface area contributed by atoms with Crippen molar-refractivity contribution >= 4 is 23.2 Å². The summed E-state index contributed by atoms with van der Waals surface area (Å²) in [6.45, 7) is 7.08. The molecular weight excluding hydrogens is 368 g/mol. The zero-order valence-electron chi connectivity index (χ0n) is 17.0. The van der Waals surface area contributed by atoms with Gasteiger partial charge < -0.3 is 20.3 Å². The van der Waals surface area contributed by atoms with E-state index in [-0.39, 0.29) is 6.04 Å². The molecule has 1 saturated heterocycles. The second-order valence-corrected chi connectivity index (χ2v) is 7.12. The number of carbonyl (C=O) groups is 2. The monoisotopic (exact) mass is 396 g/mol. The minimum Gasteiger partial charge on any atom is -0.378 e. The number of hydrogen-bond donors (Lipinski definition) is 2. The highest BCUT2D eigenvalue weighted by Gasteiger charge is 2.21. The van der Waals surface area contributed by atoms with E-state index in [4.69, 9.17) is 4.74 Å². The number of aryl methyl sites for hydroxylation is 1. The first-order chi connectivity index (χ1) is 14.1. The van der Waals surface area contributed by atoms with Crippen molar-refractivity contribution in [3.05, 3.63) is 53.9 Å². The molecule has 1 aromatic carbocycles. The van der Waals surface area contributed by atoms with Crippen molar-refractivity contribution in [1.82, 2.24) is 10.3 Å². The van der Waals surface area contributed by atoms with E-state index in [0.717, 1.165) is 36.5 Å². The van der Waals surface area contributed by atoms with E-state index in [9.17, 15) is 9.59 Å². The molecule has 154 valence electrons. The number of pyridine rings is 1. The molecule has 2 heterocycles. The highest BCUT2D eigenvalue weighted by Crippen LogP contribution is 2.23. The predicted molar refractivity (Wildman–Crippen MR) is 113 cm³/mol. The van der Waals surface area contributed by atoms with Crippen LogP contribution in [-0.2, 0) is 14.3 Å². The molecule has 29 heavy (non-hydrogen) atoms. The third kappa shape index (κ3) is 5.54. The van der Waals surface area contributed by atoms with Crippen LogP contribution in [0.1, 0.15) is 37.1 Å². The molecule has 2 amide bonds. The first-order valence-electron chi connectivity index (χ1n) is 10.0. The largest absolute Gasteiger partial charge is 0.378 e. The molecular formula is C22H28N4O3. The number of carbonyl (C=O) groups excluding carboxylic acids is 2. The van der Waals surface area contributed by atoms with Crippen LogP contribution in [0, 0.1) is 6.92 Å². The molecule has 7 nitrogen and oxygen atoms in total. The minimum atomic E-state index is -0.677. The van der Waals surface area contributed by atoms with Gasteiger partial charge in [0.25, 0.3) is 0 Å². The Morgan fingerprint density at radius 2 is 1.97 bits per heavy atom. The lowest BCUT2D eigenvalue weighted by Gasteiger charge is -2.29. The molecule has 0 aliphatic carbocycles. The Kier molecular flexibility index (Phi) is 7.19. The average Bonchev–Trinajstić information content (AvgIpc) is 2.76. The molecule has 1 aliphatic heterocycles. The fourth-order valence-corrected chi connectivity index (χ4v) is 3.37. The fraction of sp³-hybridized carbons (Fsp3) is 0.409. The normalized spacial score (nSPS) is 14.9. The Morgan fingerprint density at radius 3 is 2.62 bits per heavy atom. The number of ether oxygens (including phenoxy) is 1. The van der Waals surface area contributed by atoms with Gasteiger partial charge >= 0.3 is 11.8 Å². The van der Waals surface area contributed by atoms with E-state index in [0.29, 0.717) is 25.3 Å². The number of rotatable bonds is 6. The molecule has 2 N–H and O–H groups in total. The van der Waals surface area contributed by atoms with Crippen LogP contribution in [0.2, 0.25) is 0 Å². The molecule has 0 saturated carbocycles. The first kappa shape index (κ1) is 20.8. The third-order valence-corrected chi connectivity index (χ3v) is 4.97. The Hall–Kier alpha value is -2.93. The molecule has 1 unspecified atom stereocenters. The maximum atomic E-state index is 12.5. The summed E-state index contributed by atoms with van der Waals surface area (Å²) in [6, 6.07) is 11.1. The van der Waals surface area contributed by atoms with Crippen LogP contribution < -0.4 is 15.5 Å². The molecule has 0 spiro atoms. The smallest absolute Gasteiger partial charge is 0.313 e. The van der Waals surface area contributed by atoms with E-state index < -0.39 is 11.8 Å². The van der Waals surface area contributed by atoms with Crippen molar-refractivity contribution in [3.8, 4) is 0 Å². The molecule has 1 aliphatic rings. The Bertz CT molecular complexity index is 835. The first-order valence-corrected chi connectivity index (χ1v) is 10.0. The molecule has 2 aromatic rings. The van der Waals surface area contributed by atoms with Crippen LogP contribution in [0.5, 0.6) is 0 Å². The van der Waals surface area contributed by atoms with E-state index in [1.54, 1.807) is 6.20 Å². The zero-order chi connectivity index (χ0) is 20.6. The Morgan fingerprint density at radius 1 is 1.17 bits per heavy atom. The quantitative estimate of drug-likeness (QED) is 0.734. The molecule has 0 bridgehead atoms. The van der Waals surface area contributed by atoms with Gasteiger partial charge in [-0.15, -0.1) is 0 Å². The number of hydrogen-bond acceptors (Lipinski definition) is 5. The maximum Gasteiger partial charge on any atom is 0.313 e. The van der Waals surface area contributed by atoms with E-state index >= 15 is 0 Å². The molecule has 1 atom stereocenters. The summed E-state index contributed by atoms with van der Waals surface area (Å²) in [6.07, 6.45) is 3.26. The summed E-state index contributed by atoms with van der Waals surface area (Å²) in [7, 11) is 0. The van der Waals surface area contributed by atoms with E-state index in [1.165, 1.54) is 0 Å².